The third kappa shape index (κ3) is 15.1. The van der Waals surface area contributed by atoms with Gasteiger partial charge in [0.15, 0.2) is 17.3 Å². The molecule has 0 saturated heterocycles. The molecule has 0 spiro atoms. The SMILES string of the molecule is CC(=O)/C=C/CCC(=O)/C=C/C(=O)O[C@@H](CCC(=O)/C=C/C(=O)O)CC(C)=O. The molecule has 0 heterocycles. The Morgan fingerprint density at radius 1 is 0.857 bits per heavy atom. The number of rotatable bonds is 14. The van der Waals surface area contributed by atoms with Gasteiger partial charge in [-0.15, -0.1) is 0 Å². The van der Waals surface area contributed by atoms with Crippen molar-refractivity contribution >= 4 is 35.1 Å². The molecule has 8 nitrogen and oxygen atoms in total. The Morgan fingerprint density at radius 3 is 2.04 bits per heavy atom. The Bertz CT molecular complexity index is 697. The van der Waals surface area contributed by atoms with Crippen molar-refractivity contribution in [3.8, 4) is 0 Å². The number of carbonyl (C=O) groups excluding carboxylic acids is 5. The zero-order chi connectivity index (χ0) is 21.5. The molecule has 0 aromatic rings. The number of esters is 1. The standard InChI is InChI=1S/C20H24O8/c1-14(21)5-3-4-6-16(23)9-12-20(27)28-18(13-15(2)22)10-7-17(24)8-11-19(25)26/h3,5,8-9,11-12,18H,4,6-7,10,13H2,1-2H3,(H,25,26)/b5-3+,11-8+,12-9+/t18-/m0/s1. The van der Waals surface area contributed by atoms with Gasteiger partial charge in [-0.3, -0.25) is 19.2 Å². The Balaban J connectivity index is 4.57. The van der Waals surface area contributed by atoms with Crippen LogP contribution in [0.15, 0.2) is 36.5 Å². The van der Waals surface area contributed by atoms with Gasteiger partial charge in [0.25, 0.3) is 0 Å². The number of carbonyl (C=O) groups is 6. The fraction of sp³-hybridized carbons (Fsp3) is 0.400. The Labute approximate surface area is 162 Å². The number of allylic oxidation sites excluding steroid dienone is 4. The van der Waals surface area contributed by atoms with Gasteiger partial charge in [0, 0.05) is 31.4 Å². The minimum atomic E-state index is -1.26. The van der Waals surface area contributed by atoms with Gasteiger partial charge in [-0.2, -0.15) is 0 Å². The molecule has 152 valence electrons. The van der Waals surface area contributed by atoms with Crippen LogP contribution in [0.4, 0.5) is 0 Å². The topological polar surface area (TPSA) is 132 Å². The van der Waals surface area contributed by atoms with E-state index in [4.69, 9.17) is 9.84 Å². The third-order valence-electron chi connectivity index (χ3n) is 3.24. The highest BCUT2D eigenvalue weighted by molar-refractivity contribution is 5.96. The highest BCUT2D eigenvalue weighted by Crippen LogP contribution is 2.10. The van der Waals surface area contributed by atoms with E-state index in [0.717, 1.165) is 18.2 Å². The molecular formula is C20H24O8. The lowest BCUT2D eigenvalue weighted by atomic mass is 10.1. The van der Waals surface area contributed by atoms with E-state index in [1.165, 1.54) is 19.9 Å². The molecule has 0 unspecified atom stereocenters. The number of aliphatic carboxylic acids is 1. The maximum absolute atomic E-state index is 11.8. The fourth-order valence-electron chi connectivity index (χ4n) is 2.00. The average molecular weight is 392 g/mol. The molecule has 0 rings (SSSR count). The average Bonchev–Trinajstić information content (AvgIpc) is 2.59. The number of Topliss-reactive ketones (excluding diaryl/α,β-unsaturated/α-hetero) is 1. The first-order valence-electron chi connectivity index (χ1n) is 8.62. The van der Waals surface area contributed by atoms with Crippen LogP contribution < -0.4 is 0 Å². The largest absolute Gasteiger partial charge is 0.478 e. The minimum absolute atomic E-state index is 0.0474. The van der Waals surface area contributed by atoms with Gasteiger partial charge in [0.2, 0.25) is 0 Å². The van der Waals surface area contributed by atoms with Crippen LogP contribution in [0.25, 0.3) is 0 Å². The smallest absolute Gasteiger partial charge is 0.331 e. The van der Waals surface area contributed by atoms with Crippen molar-refractivity contribution in [2.45, 2.75) is 52.1 Å². The molecule has 0 aliphatic carbocycles. The first kappa shape index (κ1) is 24.8. The van der Waals surface area contributed by atoms with E-state index in [9.17, 15) is 28.8 Å². The van der Waals surface area contributed by atoms with Gasteiger partial charge >= 0.3 is 11.9 Å². The highest BCUT2D eigenvalue weighted by Gasteiger charge is 2.16. The molecule has 0 aromatic heterocycles. The van der Waals surface area contributed by atoms with E-state index in [2.05, 4.69) is 0 Å². The van der Waals surface area contributed by atoms with Gasteiger partial charge in [-0.25, -0.2) is 9.59 Å². The maximum Gasteiger partial charge on any atom is 0.331 e. The first-order valence-corrected chi connectivity index (χ1v) is 8.62. The molecule has 0 aliphatic rings. The van der Waals surface area contributed by atoms with Crippen molar-refractivity contribution in [2.75, 3.05) is 0 Å². The molecule has 0 aromatic carbocycles. The van der Waals surface area contributed by atoms with E-state index >= 15 is 0 Å². The van der Waals surface area contributed by atoms with Crippen molar-refractivity contribution in [3.63, 3.8) is 0 Å². The van der Waals surface area contributed by atoms with Crippen molar-refractivity contribution in [2.24, 2.45) is 0 Å². The summed E-state index contributed by atoms with van der Waals surface area (Å²) in [5, 5.41) is 8.47. The lowest BCUT2D eigenvalue weighted by Crippen LogP contribution is -2.21. The van der Waals surface area contributed by atoms with E-state index in [-0.39, 0.29) is 43.0 Å². The number of carboxylic acids is 1. The number of hydrogen-bond acceptors (Lipinski definition) is 7. The summed E-state index contributed by atoms with van der Waals surface area (Å²) in [4.78, 5) is 67.4. The molecule has 0 fully saturated rings. The number of hydrogen-bond donors (Lipinski definition) is 1. The molecule has 1 N–H and O–H groups in total. The molecule has 0 saturated carbocycles. The normalized spacial score (nSPS) is 12.4. The predicted octanol–water partition coefficient (Wildman–Crippen LogP) is 1.92. The Morgan fingerprint density at radius 2 is 1.46 bits per heavy atom. The summed E-state index contributed by atoms with van der Waals surface area (Å²) < 4.78 is 5.09. The second kappa shape index (κ2) is 14.0. The van der Waals surface area contributed by atoms with Crippen LogP contribution in [0.3, 0.4) is 0 Å². The first-order chi connectivity index (χ1) is 13.1. The summed E-state index contributed by atoms with van der Waals surface area (Å²) in [6.07, 6.45) is 5.98. The van der Waals surface area contributed by atoms with Crippen molar-refractivity contribution in [3.05, 3.63) is 36.5 Å². The van der Waals surface area contributed by atoms with Crippen LogP contribution in [0.1, 0.15) is 46.0 Å². The number of ether oxygens (including phenoxy) is 1. The van der Waals surface area contributed by atoms with E-state index < -0.39 is 23.8 Å². The molecule has 28 heavy (non-hydrogen) atoms. The van der Waals surface area contributed by atoms with Crippen molar-refractivity contribution in [1.82, 2.24) is 0 Å². The van der Waals surface area contributed by atoms with Gasteiger partial charge in [-0.1, -0.05) is 6.08 Å². The van der Waals surface area contributed by atoms with Gasteiger partial charge in [0.05, 0.1) is 0 Å². The Kier molecular flexibility index (Phi) is 12.4. The van der Waals surface area contributed by atoms with Gasteiger partial charge in [0.1, 0.15) is 11.9 Å². The van der Waals surface area contributed by atoms with Gasteiger partial charge < -0.3 is 9.84 Å². The summed E-state index contributed by atoms with van der Waals surface area (Å²) in [5.74, 6) is -3.26. The van der Waals surface area contributed by atoms with Crippen molar-refractivity contribution in [1.29, 1.82) is 0 Å². The van der Waals surface area contributed by atoms with Crippen LogP contribution in [-0.2, 0) is 33.5 Å². The summed E-state index contributed by atoms with van der Waals surface area (Å²) in [5.41, 5.74) is 0. The molecule has 8 heteroatoms. The zero-order valence-electron chi connectivity index (χ0n) is 15.9. The van der Waals surface area contributed by atoms with Crippen LogP contribution in [0, 0.1) is 0 Å². The Hall–Kier alpha value is -3.16. The molecule has 0 radical (unpaired) electrons. The summed E-state index contributed by atoms with van der Waals surface area (Å²) in [6, 6.07) is 0. The van der Waals surface area contributed by atoms with E-state index in [0.29, 0.717) is 12.5 Å². The van der Waals surface area contributed by atoms with Crippen LogP contribution in [0.2, 0.25) is 0 Å². The lowest BCUT2D eigenvalue weighted by Gasteiger charge is -2.14. The zero-order valence-corrected chi connectivity index (χ0v) is 15.9. The summed E-state index contributed by atoms with van der Waals surface area (Å²) >= 11 is 0. The van der Waals surface area contributed by atoms with E-state index in [1.54, 1.807) is 6.08 Å². The number of ketones is 4. The number of carboxylic acid groups (broad SMARTS) is 1. The van der Waals surface area contributed by atoms with Gasteiger partial charge in [-0.05, 0) is 44.9 Å². The molecule has 0 amide bonds. The molecular weight excluding hydrogens is 368 g/mol. The monoisotopic (exact) mass is 392 g/mol. The predicted molar refractivity (Wildman–Crippen MR) is 99.4 cm³/mol. The molecule has 1 atom stereocenters. The molecule has 0 aliphatic heterocycles. The minimum Gasteiger partial charge on any atom is -0.478 e. The van der Waals surface area contributed by atoms with Crippen LogP contribution >= 0.6 is 0 Å². The third-order valence-corrected chi connectivity index (χ3v) is 3.24. The summed E-state index contributed by atoms with van der Waals surface area (Å²) in [6.45, 7) is 2.70. The second-order valence-corrected chi connectivity index (χ2v) is 5.99. The second-order valence-electron chi connectivity index (χ2n) is 5.99. The van der Waals surface area contributed by atoms with Crippen LogP contribution in [0.5, 0.6) is 0 Å². The fourth-order valence-corrected chi connectivity index (χ4v) is 2.00. The quantitative estimate of drug-likeness (QED) is 0.350. The maximum atomic E-state index is 11.8. The lowest BCUT2D eigenvalue weighted by molar-refractivity contribution is -0.145. The highest BCUT2D eigenvalue weighted by atomic mass is 16.5. The summed E-state index contributed by atoms with van der Waals surface area (Å²) in [7, 11) is 0. The van der Waals surface area contributed by atoms with Crippen molar-refractivity contribution < 1.29 is 38.6 Å². The molecule has 0 bridgehead atoms. The van der Waals surface area contributed by atoms with Crippen LogP contribution in [-0.4, -0.2) is 46.3 Å². The van der Waals surface area contributed by atoms with E-state index in [1.807, 2.05) is 0 Å².